The van der Waals surface area contributed by atoms with Gasteiger partial charge in [0.2, 0.25) is 0 Å². The van der Waals surface area contributed by atoms with Crippen molar-refractivity contribution in [2.45, 2.75) is 12.3 Å². The van der Waals surface area contributed by atoms with Crippen LogP contribution in [0.2, 0.25) is 0 Å². The molecule has 126 valence electrons. The zero-order valence-corrected chi connectivity index (χ0v) is 14.4. The lowest BCUT2D eigenvalue weighted by molar-refractivity contribution is 0.0600. The maximum Gasteiger partial charge on any atom is 0.337 e. The molecule has 0 saturated carbocycles. The average Bonchev–Trinajstić information content (AvgIpc) is 2.59. The minimum Gasteiger partial charge on any atom is -0.465 e. The number of rotatable bonds is 6. The Kier molecular flexibility index (Phi) is 6.26. The highest BCUT2D eigenvalue weighted by Gasteiger charge is 2.08. The van der Waals surface area contributed by atoms with Crippen molar-refractivity contribution in [3.05, 3.63) is 70.8 Å². The van der Waals surface area contributed by atoms with Crippen LogP contribution in [0.15, 0.2) is 48.5 Å². The van der Waals surface area contributed by atoms with E-state index in [0.717, 1.165) is 11.1 Å². The molecule has 2 aromatic carbocycles. The molecular formula is C18H19NO4S. The van der Waals surface area contributed by atoms with Gasteiger partial charge in [0.05, 0.1) is 12.7 Å². The van der Waals surface area contributed by atoms with E-state index in [-0.39, 0.29) is 5.91 Å². The number of ether oxygens (including phenoxy) is 1. The van der Waals surface area contributed by atoms with Gasteiger partial charge in [-0.2, -0.15) is 0 Å². The number of nitrogens with one attached hydrogen (secondary N) is 1. The Hall–Kier alpha value is -2.47. The van der Waals surface area contributed by atoms with Crippen molar-refractivity contribution in [2.75, 3.05) is 13.4 Å². The normalized spacial score (nSPS) is 11.6. The predicted molar refractivity (Wildman–Crippen MR) is 93.2 cm³/mol. The number of benzene rings is 2. The molecule has 5 nitrogen and oxygen atoms in total. The van der Waals surface area contributed by atoms with E-state index in [4.69, 9.17) is 0 Å². The van der Waals surface area contributed by atoms with E-state index in [1.54, 1.807) is 48.7 Å². The second kappa shape index (κ2) is 8.40. The number of carbonyl (C=O) groups excluding carboxylic acids is 2. The molecule has 0 bridgehead atoms. The van der Waals surface area contributed by atoms with Gasteiger partial charge in [0.1, 0.15) is 0 Å². The van der Waals surface area contributed by atoms with E-state index in [9.17, 15) is 13.8 Å². The SMILES string of the molecule is COC(=O)c1ccc(CNC(=O)c2cccc(C[S@@](C)=O)c2)cc1. The third-order valence-electron chi connectivity index (χ3n) is 3.39. The second-order valence-corrected chi connectivity index (χ2v) is 6.72. The van der Waals surface area contributed by atoms with E-state index >= 15 is 0 Å². The summed E-state index contributed by atoms with van der Waals surface area (Å²) in [7, 11) is 0.384. The topological polar surface area (TPSA) is 72.5 Å². The number of hydrogen-bond acceptors (Lipinski definition) is 4. The van der Waals surface area contributed by atoms with Crippen LogP contribution in [0, 0.1) is 0 Å². The molecule has 0 aliphatic rings. The molecule has 0 radical (unpaired) electrons. The molecular weight excluding hydrogens is 326 g/mol. The molecule has 1 amide bonds. The lowest BCUT2D eigenvalue weighted by Crippen LogP contribution is -2.23. The van der Waals surface area contributed by atoms with Gasteiger partial charge in [-0.15, -0.1) is 0 Å². The van der Waals surface area contributed by atoms with E-state index in [2.05, 4.69) is 10.1 Å². The van der Waals surface area contributed by atoms with Crippen LogP contribution in [-0.4, -0.2) is 29.5 Å². The first-order chi connectivity index (χ1) is 11.5. The smallest absolute Gasteiger partial charge is 0.337 e. The quantitative estimate of drug-likeness (QED) is 0.815. The third-order valence-corrected chi connectivity index (χ3v) is 4.13. The summed E-state index contributed by atoms with van der Waals surface area (Å²) in [6, 6.07) is 13.9. The van der Waals surface area contributed by atoms with E-state index < -0.39 is 16.8 Å². The summed E-state index contributed by atoms with van der Waals surface area (Å²) in [6.07, 6.45) is 1.63. The Labute approximate surface area is 143 Å². The van der Waals surface area contributed by atoms with Crippen LogP contribution in [0.1, 0.15) is 31.8 Å². The molecule has 0 aliphatic heterocycles. The second-order valence-electron chi connectivity index (χ2n) is 5.29. The minimum absolute atomic E-state index is 0.198. The van der Waals surface area contributed by atoms with Crippen LogP contribution in [-0.2, 0) is 27.8 Å². The average molecular weight is 345 g/mol. The molecule has 0 saturated heterocycles. The van der Waals surface area contributed by atoms with E-state index in [0.29, 0.717) is 23.4 Å². The number of esters is 1. The maximum absolute atomic E-state index is 12.2. The van der Waals surface area contributed by atoms with Crippen molar-refractivity contribution in [2.24, 2.45) is 0 Å². The summed E-state index contributed by atoms with van der Waals surface area (Å²) in [6.45, 7) is 0.351. The molecule has 0 aliphatic carbocycles. The van der Waals surface area contributed by atoms with Crippen molar-refractivity contribution in [1.82, 2.24) is 5.32 Å². The van der Waals surface area contributed by atoms with Crippen molar-refractivity contribution in [1.29, 1.82) is 0 Å². The molecule has 0 aromatic heterocycles. The first kappa shape index (κ1) is 17.9. The van der Waals surface area contributed by atoms with E-state index in [1.807, 2.05) is 6.07 Å². The van der Waals surface area contributed by atoms with E-state index in [1.165, 1.54) is 7.11 Å². The zero-order valence-electron chi connectivity index (χ0n) is 13.6. The van der Waals surface area contributed by atoms with Gasteiger partial charge in [-0.05, 0) is 35.4 Å². The minimum atomic E-state index is -0.948. The molecule has 0 unspecified atom stereocenters. The third kappa shape index (κ3) is 5.03. The molecule has 2 aromatic rings. The molecule has 0 spiro atoms. The highest BCUT2D eigenvalue weighted by Crippen LogP contribution is 2.09. The van der Waals surface area contributed by atoms with Crippen LogP contribution < -0.4 is 5.32 Å². The van der Waals surface area contributed by atoms with Crippen LogP contribution in [0.25, 0.3) is 0 Å². The lowest BCUT2D eigenvalue weighted by Gasteiger charge is -2.07. The lowest BCUT2D eigenvalue weighted by atomic mass is 10.1. The molecule has 2 rings (SSSR count). The van der Waals surface area contributed by atoms with Gasteiger partial charge in [0.25, 0.3) is 5.91 Å². The van der Waals surface area contributed by atoms with Crippen molar-refractivity contribution in [3.63, 3.8) is 0 Å². The van der Waals surface area contributed by atoms with Crippen LogP contribution in [0.3, 0.4) is 0 Å². The van der Waals surface area contributed by atoms with Gasteiger partial charge in [-0.25, -0.2) is 4.79 Å². The predicted octanol–water partition coefficient (Wildman–Crippen LogP) is 2.28. The summed E-state index contributed by atoms with van der Waals surface area (Å²) in [4.78, 5) is 23.6. The zero-order chi connectivity index (χ0) is 17.5. The molecule has 0 heterocycles. The van der Waals surface area contributed by atoms with Gasteiger partial charge >= 0.3 is 5.97 Å². The Morgan fingerprint density at radius 2 is 1.75 bits per heavy atom. The standard InChI is InChI=1S/C18H19NO4S/c1-23-18(21)15-8-6-13(7-9-15)11-19-17(20)16-5-3-4-14(10-16)12-24(2)22/h3-10H,11-12H2,1-2H3,(H,19,20)/t24-/m1/s1. The number of amides is 1. The number of hydrogen-bond donors (Lipinski definition) is 1. The van der Waals surface area contributed by atoms with Crippen molar-refractivity contribution >= 4 is 22.7 Å². The fourth-order valence-corrected chi connectivity index (χ4v) is 2.85. The number of carbonyl (C=O) groups is 2. The fourth-order valence-electron chi connectivity index (χ4n) is 2.20. The van der Waals surface area contributed by atoms with Gasteiger partial charge < -0.3 is 10.1 Å². The summed E-state index contributed by atoms with van der Waals surface area (Å²) in [5.74, 6) is -0.165. The Balaban J connectivity index is 1.97. The Morgan fingerprint density at radius 1 is 1.04 bits per heavy atom. The number of methoxy groups -OCH3 is 1. The van der Waals surface area contributed by atoms with Crippen LogP contribution >= 0.6 is 0 Å². The molecule has 1 atom stereocenters. The Bertz CT molecular complexity index is 756. The largest absolute Gasteiger partial charge is 0.465 e. The first-order valence-electron chi connectivity index (χ1n) is 7.34. The molecule has 24 heavy (non-hydrogen) atoms. The highest BCUT2D eigenvalue weighted by molar-refractivity contribution is 7.83. The molecule has 6 heteroatoms. The fraction of sp³-hybridized carbons (Fsp3) is 0.222. The molecule has 1 N–H and O–H groups in total. The summed E-state index contributed by atoms with van der Waals surface area (Å²) in [5, 5.41) is 2.83. The Morgan fingerprint density at radius 3 is 2.38 bits per heavy atom. The summed E-state index contributed by atoms with van der Waals surface area (Å²) < 4.78 is 15.9. The van der Waals surface area contributed by atoms with Gasteiger partial charge in [-0.1, -0.05) is 24.3 Å². The molecule has 0 fully saturated rings. The van der Waals surface area contributed by atoms with Gasteiger partial charge in [0.15, 0.2) is 0 Å². The van der Waals surface area contributed by atoms with Crippen LogP contribution in [0.5, 0.6) is 0 Å². The van der Waals surface area contributed by atoms with Crippen molar-refractivity contribution < 1.29 is 18.5 Å². The van der Waals surface area contributed by atoms with Gasteiger partial charge in [-0.3, -0.25) is 9.00 Å². The highest BCUT2D eigenvalue weighted by atomic mass is 32.2. The van der Waals surface area contributed by atoms with Crippen LogP contribution in [0.4, 0.5) is 0 Å². The van der Waals surface area contributed by atoms with Gasteiger partial charge in [0, 0.05) is 34.9 Å². The maximum atomic E-state index is 12.2. The summed E-state index contributed by atoms with van der Waals surface area (Å²) in [5.41, 5.74) is 2.74. The summed E-state index contributed by atoms with van der Waals surface area (Å²) >= 11 is 0. The monoisotopic (exact) mass is 345 g/mol. The van der Waals surface area contributed by atoms with Crippen molar-refractivity contribution in [3.8, 4) is 0 Å². The first-order valence-corrected chi connectivity index (χ1v) is 9.06.